The zero-order valence-corrected chi connectivity index (χ0v) is 29.5. The lowest BCUT2D eigenvalue weighted by Gasteiger charge is -2.24. The second-order valence-corrected chi connectivity index (χ2v) is 13.5. The van der Waals surface area contributed by atoms with E-state index in [-0.39, 0.29) is 59.0 Å². The molecule has 0 aromatic heterocycles. The third kappa shape index (κ3) is 7.83. The molecule has 1 heterocycles. The second-order valence-electron chi connectivity index (χ2n) is 13.5. The minimum absolute atomic E-state index is 0.0213. The Balaban J connectivity index is 1.68. The highest BCUT2D eigenvalue weighted by Crippen LogP contribution is 2.49. The first-order chi connectivity index (χ1) is 26.7. The van der Waals surface area contributed by atoms with Crippen molar-refractivity contribution in [2.24, 2.45) is 4.99 Å². The van der Waals surface area contributed by atoms with Gasteiger partial charge in [0.1, 0.15) is 0 Å². The molecule has 0 bridgehead atoms. The number of hydrogen-bond donors (Lipinski definition) is 2. The van der Waals surface area contributed by atoms with Gasteiger partial charge < -0.3 is 10.6 Å². The molecule has 57 heavy (non-hydrogen) atoms. The van der Waals surface area contributed by atoms with Crippen molar-refractivity contribution in [2.75, 3.05) is 6.54 Å². The fourth-order valence-corrected chi connectivity index (χ4v) is 7.18. The first-order valence-corrected chi connectivity index (χ1v) is 17.5. The first-order valence-electron chi connectivity index (χ1n) is 17.5. The van der Waals surface area contributed by atoms with Crippen molar-refractivity contribution >= 4 is 27.5 Å². The minimum Gasteiger partial charge on any atom is -0.356 e. The number of guanidine groups is 1. The number of alkyl halides is 12. The van der Waals surface area contributed by atoms with Gasteiger partial charge in [0.15, 0.2) is 5.96 Å². The molecular weight excluding hydrogens is 774 g/mol. The summed E-state index contributed by atoms with van der Waals surface area (Å²) < 4.78 is 171. The number of rotatable bonds is 4. The summed E-state index contributed by atoms with van der Waals surface area (Å²) in [5.74, 6) is 0.133. The van der Waals surface area contributed by atoms with Crippen LogP contribution in [0.1, 0.15) is 46.7 Å². The van der Waals surface area contributed by atoms with Gasteiger partial charge in [0.2, 0.25) is 0 Å². The largest absolute Gasteiger partial charge is 0.416 e. The predicted molar refractivity (Wildman–Crippen MR) is 194 cm³/mol. The average Bonchev–Trinajstić information content (AvgIpc) is 3.23. The Morgan fingerprint density at radius 1 is 0.544 bits per heavy atom. The van der Waals surface area contributed by atoms with E-state index in [4.69, 9.17) is 0 Å². The van der Waals surface area contributed by atoms with Crippen LogP contribution in [-0.2, 0) is 37.8 Å². The van der Waals surface area contributed by atoms with Crippen molar-refractivity contribution in [3.05, 3.63) is 130 Å². The van der Waals surface area contributed by atoms with Crippen LogP contribution in [0.5, 0.6) is 0 Å². The normalized spacial score (nSPS) is 13.9. The molecule has 3 nitrogen and oxygen atoms in total. The second kappa shape index (κ2) is 14.3. The topological polar surface area (TPSA) is 36.4 Å². The van der Waals surface area contributed by atoms with Crippen molar-refractivity contribution in [1.29, 1.82) is 0 Å². The summed E-state index contributed by atoms with van der Waals surface area (Å²) in [4.78, 5) is 4.67. The maximum atomic E-state index is 14.2. The third-order valence-corrected chi connectivity index (χ3v) is 9.73. The Labute approximate surface area is 317 Å². The molecule has 296 valence electrons. The molecule has 0 aliphatic carbocycles. The third-order valence-electron chi connectivity index (χ3n) is 9.73. The smallest absolute Gasteiger partial charge is 0.356 e. The molecule has 0 spiro atoms. The van der Waals surface area contributed by atoms with Crippen LogP contribution in [0.15, 0.2) is 102 Å². The number of benzene rings is 6. The van der Waals surface area contributed by atoms with Crippen LogP contribution in [0.25, 0.3) is 54.9 Å². The molecular formula is C42H29F12N3. The molecule has 7 rings (SSSR count). The van der Waals surface area contributed by atoms with Crippen LogP contribution in [0.3, 0.4) is 0 Å². The van der Waals surface area contributed by atoms with E-state index in [0.29, 0.717) is 64.3 Å². The lowest BCUT2D eigenvalue weighted by molar-refractivity contribution is -0.144. The maximum absolute atomic E-state index is 14.2. The van der Waals surface area contributed by atoms with Gasteiger partial charge in [-0.1, -0.05) is 55.5 Å². The maximum Gasteiger partial charge on any atom is 0.416 e. The predicted octanol–water partition coefficient (Wildman–Crippen LogP) is 13.0. The van der Waals surface area contributed by atoms with Gasteiger partial charge in [0.25, 0.3) is 0 Å². The van der Waals surface area contributed by atoms with Gasteiger partial charge >= 0.3 is 24.7 Å². The van der Waals surface area contributed by atoms with Crippen LogP contribution in [0.4, 0.5) is 52.7 Å². The van der Waals surface area contributed by atoms with Gasteiger partial charge in [0, 0.05) is 13.1 Å². The van der Waals surface area contributed by atoms with Gasteiger partial charge in [-0.3, -0.25) is 0 Å². The van der Waals surface area contributed by atoms with Crippen molar-refractivity contribution in [1.82, 2.24) is 10.6 Å². The molecule has 6 aromatic carbocycles. The zero-order chi connectivity index (χ0) is 41.1. The highest BCUT2D eigenvalue weighted by molar-refractivity contribution is 6.12. The van der Waals surface area contributed by atoms with Crippen LogP contribution in [-0.4, -0.2) is 12.5 Å². The molecule has 0 radical (unpaired) electrons. The molecule has 0 atom stereocenters. The summed E-state index contributed by atoms with van der Waals surface area (Å²) in [5, 5.41) is 7.90. The number of aliphatic imine (C=N–C) groups is 1. The van der Waals surface area contributed by atoms with E-state index in [2.05, 4.69) is 15.6 Å². The minimum atomic E-state index is -5.17. The van der Waals surface area contributed by atoms with E-state index in [1.54, 1.807) is 48.5 Å². The van der Waals surface area contributed by atoms with Crippen LogP contribution < -0.4 is 10.6 Å². The average molecular weight is 804 g/mol. The highest BCUT2D eigenvalue weighted by Gasteiger charge is 2.39. The fourth-order valence-electron chi connectivity index (χ4n) is 7.18. The van der Waals surface area contributed by atoms with Crippen LogP contribution >= 0.6 is 0 Å². The standard InChI is InChI=1S/C42H29F12N3/c1-2-11-55-38-56-20-34-32(24-12-26(39(43,44)45)18-27(13-24)40(46,47)48)16-22-7-3-5-9-30(22)36(34)37-31-10-6-4-8-23(31)17-33(35(37)21-57-38)25-14-28(41(49,50)51)19-29(15-25)42(52,53)54/h3-10,12-19H,2,11,20-21H2,1H3,(H2,55,56,57). The van der Waals surface area contributed by atoms with Crippen LogP contribution in [0, 0.1) is 0 Å². The zero-order valence-electron chi connectivity index (χ0n) is 29.5. The van der Waals surface area contributed by atoms with E-state index in [1.807, 2.05) is 6.92 Å². The lowest BCUT2D eigenvalue weighted by atomic mass is 9.80. The Kier molecular flexibility index (Phi) is 9.93. The van der Waals surface area contributed by atoms with E-state index >= 15 is 0 Å². The molecule has 6 aromatic rings. The Morgan fingerprint density at radius 3 is 1.37 bits per heavy atom. The SMILES string of the molecule is CCCNC1=NCc2c(-c3cc(C(F)(F)F)cc(C(F)(F)F)c3)cc3ccccc3c2-c2c(c(-c3cc(C(F)(F)F)cc(C(F)(F)F)c3)cc3ccccc23)CN1. The summed E-state index contributed by atoms with van der Waals surface area (Å²) in [5.41, 5.74) is -6.15. The molecule has 0 saturated heterocycles. The van der Waals surface area contributed by atoms with Gasteiger partial charge in [-0.15, -0.1) is 0 Å². The molecule has 15 heteroatoms. The number of nitrogens with one attached hydrogen (secondary N) is 2. The molecule has 0 unspecified atom stereocenters. The van der Waals surface area contributed by atoms with Gasteiger partial charge in [-0.2, -0.15) is 52.7 Å². The lowest BCUT2D eigenvalue weighted by Crippen LogP contribution is -2.37. The Bertz CT molecular complexity index is 2480. The number of hydrogen-bond acceptors (Lipinski definition) is 3. The molecule has 0 fully saturated rings. The summed E-state index contributed by atoms with van der Waals surface area (Å²) in [6.45, 7) is 1.67. The number of nitrogens with zero attached hydrogens (tertiary/aromatic N) is 1. The number of halogens is 12. The fraction of sp³-hybridized carbons (Fsp3) is 0.214. The van der Waals surface area contributed by atoms with E-state index in [1.165, 1.54) is 12.1 Å². The van der Waals surface area contributed by atoms with Gasteiger partial charge in [-0.05, 0) is 121 Å². The van der Waals surface area contributed by atoms with Crippen molar-refractivity contribution in [3.8, 4) is 33.4 Å². The quantitative estimate of drug-likeness (QED) is 0.174. The van der Waals surface area contributed by atoms with Crippen molar-refractivity contribution < 1.29 is 52.7 Å². The molecule has 1 aliphatic rings. The molecule has 0 amide bonds. The highest BCUT2D eigenvalue weighted by atomic mass is 19.4. The van der Waals surface area contributed by atoms with Crippen molar-refractivity contribution in [3.63, 3.8) is 0 Å². The monoisotopic (exact) mass is 803 g/mol. The molecule has 2 N–H and O–H groups in total. The van der Waals surface area contributed by atoms with E-state index < -0.39 is 58.1 Å². The van der Waals surface area contributed by atoms with Crippen molar-refractivity contribution in [2.45, 2.75) is 51.1 Å². The molecule has 0 saturated carbocycles. The Morgan fingerprint density at radius 2 is 0.947 bits per heavy atom. The first kappa shape index (κ1) is 39.5. The summed E-state index contributed by atoms with van der Waals surface area (Å²) in [7, 11) is 0. The molecule has 1 aliphatic heterocycles. The number of fused-ring (bicyclic) bond motifs is 7. The van der Waals surface area contributed by atoms with Gasteiger partial charge in [-0.25, -0.2) is 4.99 Å². The van der Waals surface area contributed by atoms with E-state index in [9.17, 15) is 52.7 Å². The summed E-state index contributed by atoms with van der Waals surface area (Å²) >= 11 is 0. The van der Waals surface area contributed by atoms with Crippen LogP contribution in [0.2, 0.25) is 0 Å². The Hall–Kier alpha value is -5.73. The summed E-state index contributed by atoms with van der Waals surface area (Å²) in [6.07, 6.45) is -20.1. The van der Waals surface area contributed by atoms with Gasteiger partial charge in [0.05, 0.1) is 28.8 Å². The van der Waals surface area contributed by atoms with E-state index in [0.717, 1.165) is 0 Å². The summed E-state index contributed by atoms with van der Waals surface area (Å²) in [6, 6.07) is 18.5.